The van der Waals surface area contributed by atoms with Crippen LogP contribution in [0.3, 0.4) is 0 Å². The van der Waals surface area contributed by atoms with Crippen LogP contribution in [-0.2, 0) is 4.79 Å². The highest BCUT2D eigenvalue weighted by atomic mass is 32.2. The van der Waals surface area contributed by atoms with E-state index in [1.165, 1.54) is 4.90 Å². The molecule has 1 rings (SSSR count). The third-order valence-corrected chi connectivity index (χ3v) is 3.95. The Morgan fingerprint density at radius 2 is 1.89 bits per heavy atom. The number of urea groups is 1. The average molecular weight is 274 g/mol. The van der Waals surface area contributed by atoms with E-state index in [-0.39, 0.29) is 18.6 Å². The number of amides is 2. The van der Waals surface area contributed by atoms with Gasteiger partial charge in [0.2, 0.25) is 0 Å². The lowest BCUT2D eigenvalue weighted by Crippen LogP contribution is -2.54. The van der Waals surface area contributed by atoms with Crippen molar-refractivity contribution in [1.29, 1.82) is 0 Å². The maximum atomic E-state index is 12.1. The quantitative estimate of drug-likeness (QED) is 0.823. The number of hydrogen-bond acceptors (Lipinski definition) is 3. The summed E-state index contributed by atoms with van der Waals surface area (Å²) < 4.78 is 0. The maximum absolute atomic E-state index is 12.1. The van der Waals surface area contributed by atoms with Crippen molar-refractivity contribution in [2.45, 2.75) is 45.2 Å². The molecule has 0 aliphatic carbocycles. The molecule has 1 heterocycles. The molecule has 18 heavy (non-hydrogen) atoms. The lowest BCUT2D eigenvalue weighted by Gasteiger charge is -2.36. The van der Waals surface area contributed by atoms with Crippen molar-refractivity contribution in [2.75, 3.05) is 18.1 Å². The third kappa shape index (κ3) is 4.76. The van der Waals surface area contributed by atoms with Crippen molar-refractivity contribution < 1.29 is 14.7 Å². The first-order valence-electron chi connectivity index (χ1n) is 6.18. The Labute approximate surface area is 112 Å². The number of carboxylic acids is 1. The molecule has 0 saturated carbocycles. The number of thioether (sulfide) groups is 1. The monoisotopic (exact) mass is 274 g/mol. The zero-order valence-corrected chi connectivity index (χ0v) is 12.0. The van der Waals surface area contributed by atoms with Gasteiger partial charge in [0.05, 0.1) is 0 Å². The summed E-state index contributed by atoms with van der Waals surface area (Å²) >= 11 is 1.89. The SMILES string of the molecule is CC(C)(C)N(CC(=O)O)C(=O)NC1CCSCC1. The fraction of sp³-hybridized carbons (Fsp3) is 0.833. The fourth-order valence-electron chi connectivity index (χ4n) is 1.84. The normalized spacial score (nSPS) is 17.3. The summed E-state index contributed by atoms with van der Waals surface area (Å²) in [4.78, 5) is 24.3. The topological polar surface area (TPSA) is 69.6 Å². The smallest absolute Gasteiger partial charge is 0.323 e. The van der Waals surface area contributed by atoms with E-state index in [2.05, 4.69) is 5.32 Å². The molecule has 0 spiro atoms. The molecule has 0 radical (unpaired) electrons. The van der Waals surface area contributed by atoms with E-state index in [9.17, 15) is 9.59 Å². The highest BCUT2D eigenvalue weighted by molar-refractivity contribution is 7.99. The standard InChI is InChI=1S/C12H22N2O3S/c1-12(2,3)14(8-10(15)16)11(17)13-9-4-6-18-7-5-9/h9H,4-8H2,1-3H3,(H,13,17)(H,15,16). The Hall–Kier alpha value is -0.910. The minimum absolute atomic E-state index is 0.178. The van der Waals surface area contributed by atoms with Gasteiger partial charge in [0.15, 0.2) is 0 Å². The summed E-state index contributed by atoms with van der Waals surface area (Å²) in [7, 11) is 0. The van der Waals surface area contributed by atoms with E-state index in [4.69, 9.17) is 5.11 Å². The van der Waals surface area contributed by atoms with Crippen LogP contribution in [0, 0.1) is 0 Å². The van der Waals surface area contributed by atoms with Crippen LogP contribution < -0.4 is 5.32 Å². The summed E-state index contributed by atoms with van der Waals surface area (Å²) in [5.74, 6) is 1.12. The van der Waals surface area contributed by atoms with Crippen LogP contribution >= 0.6 is 11.8 Å². The van der Waals surface area contributed by atoms with E-state index >= 15 is 0 Å². The number of carbonyl (C=O) groups excluding carboxylic acids is 1. The molecule has 5 nitrogen and oxygen atoms in total. The second-order valence-electron chi connectivity index (χ2n) is 5.49. The van der Waals surface area contributed by atoms with E-state index in [1.54, 1.807) is 0 Å². The van der Waals surface area contributed by atoms with E-state index in [0.29, 0.717) is 0 Å². The summed E-state index contributed by atoms with van der Waals surface area (Å²) in [6.45, 7) is 5.25. The molecular formula is C12H22N2O3S. The van der Waals surface area contributed by atoms with Gasteiger partial charge in [-0.3, -0.25) is 4.79 Å². The number of nitrogens with one attached hydrogen (secondary N) is 1. The lowest BCUT2D eigenvalue weighted by atomic mass is 10.1. The summed E-state index contributed by atoms with van der Waals surface area (Å²) in [6.07, 6.45) is 1.92. The molecule has 6 heteroatoms. The molecule has 2 N–H and O–H groups in total. The first-order valence-corrected chi connectivity index (χ1v) is 7.34. The van der Waals surface area contributed by atoms with Crippen molar-refractivity contribution in [3.05, 3.63) is 0 Å². The van der Waals surface area contributed by atoms with E-state index in [1.807, 2.05) is 32.5 Å². The highest BCUT2D eigenvalue weighted by Gasteiger charge is 2.29. The summed E-state index contributed by atoms with van der Waals surface area (Å²) in [5, 5.41) is 11.8. The fourth-order valence-corrected chi connectivity index (χ4v) is 2.95. The van der Waals surface area contributed by atoms with Crippen LogP contribution in [0.15, 0.2) is 0 Å². The largest absolute Gasteiger partial charge is 0.480 e. The van der Waals surface area contributed by atoms with Crippen molar-refractivity contribution in [2.24, 2.45) is 0 Å². The molecule has 0 atom stereocenters. The van der Waals surface area contributed by atoms with Crippen LogP contribution in [0.1, 0.15) is 33.6 Å². The summed E-state index contributed by atoms with van der Waals surface area (Å²) in [6, 6.07) is -0.0980. The molecule has 0 aromatic heterocycles. The van der Waals surface area contributed by atoms with Gasteiger partial charge in [0.1, 0.15) is 6.54 Å². The van der Waals surface area contributed by atoms with Crippen LogP contribution in [0.2, 0.25) is 0 Å². The van der Waals surface area contributed by atoms with Crippen LogP contribution in [0.25, 0.3) is 0 Å². The van der Waals surface area contributed by atoms with Crippen LogP contribution in [0.4, 0.5) is 4.79 Å². The molecule has 1 aliphatic rings. The molecule has 1 fully saturated rings. The predicted octanol–water partition coefficient (Wildman–Crippen LogP) is 1.78. The lowest BCUT2D eigenvalue weighted by molar-refractivity contribution is -0.138. The molecule has 2 amide bonds. The van der Waals surface area contributed by atoms with Crippen molar-refractivity contribution in [1.82, 2.24) is 10.2 Å². The number of carboxylic acid groups (broad SMARTS) is 1. The molecule has 0 aromatic carbocycles. The molecule has 0 aromatic rings. The number of aliphatic carboxylic acids is 1. The Morgan fingerprint density at radius 3 is 2.33 bits per heavy atom. The number of rotatable bonds is 3. The highest BCUT2D eigenvalue weighted by Crippen LogP contribution is 2.18. The molecule has 0 bridgehead atoms. The molecule has 1 aliphatic heterocycles. The van der Waals surface area contributed by atoms with Gasteiger partial charge in [-0.2, -0.15) is 11.8 Å². The number of hydrogen-bond donors (Lipinski definition) is 2. The van der Waals surface area contributed by atoms with Gasteiger partial charge in [-0.1, -0.05) is 0 Å². The predicted molar refractivity (Wildman–Crippen MR) is 73.0 cm³/mol. The Bertz CT molecular complexity index is 309. The maximum Gasteiger partial charge on any atom is 0.323 e. The molecule has 0 unspecified atom stereocenters. The first kappa shape index (κ1) is 15.1. The zero-order valence-electron chi connectivity index (χ0n) is 11.2. The van der Waals surface area contributed by atoms with Crippen LogP contribution in [-0.4, -0.2) is 51.6 Å². The van der Waals surface area contributed by atoms with E-state index in [0.717, 1.165) is 24.3 Å². The third-order valence-electron chi connectivity index (χ3n) is 2.90. The molecule has 1 saturated heterocycles. The zero-order chi connectivity index (χ0) is 13.8. The second kappa shape index (κ2) is 6.31. The van der Waals surface area contributed by atoms with Crippen LogP contribution in [0.5, 0.6) is 0 Å². The van der Waals surface area contributed by atoms with Gasteiger partial charge in [-0.15, -0.1) is 0 Å². The minimum atomic E-state index is -0.987. The van der Waals surface area contributed by atoms with Gasteiger partial charge in [-0.25, -0.2) is 4.79 Å². The van der Waals surface area contributed by atoms with Crippen molar-refractivity contribution in [3.63, 3.8) is 0 Å². The number of carbonyl (C=O) groups is 2. The van der Waals surface area contributed by atoms with E-state index < -0.39 is 11.5 Å². The Morgan fingerprint density at radius 1 is 1.33 bits per heavy atom. The van der Waals surface area contributed by atoms with Gasteiger partial charge in [-0.05, 0) is 45.1 Å². The second-order valence-corrected chi connectivity index (χ2v) is 6.71. The average Bonchev–Trinajstić information content (AvgIpc) is 2.25. The van der Waals surface area contributed by atoms with Gasteiger partial charge >= 0.3 is 12.0 Å². The van der Waals surface area contributed by atoms with Crippen molar-refractivity contribution in [3.8, 4) is 0 Å². The Balaban J connectivity index is 2.61. The minimum Gasteiger partial charge on any atom is -0.480 e. The van der Waals surface area contributed by atoms with Gasteiger partial charge in [0, 0.05) is 11.6 Å². The van der Waals surface area contributed by atoms with Gasteiger partial charge in [0.25, 0.3) is 0 Å². The summed E-state index contributed by atoms with van der Waals surface area (Å²) in [5.41, 5.74) is -0.494. The Kier molecular flexibility index (Phi) is 5.31. The molecule has 104 valence electrons. The molecular weight excluding hydrogens is 252 g/mol. The first-order chi connectivity index (χ1) is 8.30. The van der Waals surface area contributed by atoms with Crippen molar-refractivity contribution >= 4 is 23.8 Å². The number of nitrogens with zero attached hydrogens (tertiary/aromatic N) is 1. The van der Waals surface area contributed by atoms with Gasteiger partial charge < -0.3 is 15.3 Å².